The maximum absolute atomic E-state index is 12.2. The summed E-state index contributed by atoms with van der Waals surface area (Å²) in [5.74, 6) is 5.65. The third-order valence-corrected chi connectivity index (χ3v) is 3.96. The van der Waals surface area contributed by atoms with E-state index in [0.717, 1.165) is 25.7 Å². The number of hydrogen-bond donors (Lipinski definition) is 3. The largest absolute Gasteiger partial charge is 0.349 e. The van der Waals surface area contributed by atoms with Gasteiger partial charge in [0.05, 0.1) is 4.92 Å². The Morgan fingerprint density at radius 2 is 2.00 bits per heavy atom. The molecule has 0 saturated heterocycles. The van der Waals surface area contributed by atoms with Gasteiger partial charge in [0.2, 0.25) is 0 Å². The van der Waals surface area contributed by atoms with Crippen molar-refractivity contribution in [3.8, 4) is 0 Å². The number of nitrogens with two attached hydrogens (primary N) is 1. The highest BCUT2D eigenvalue weighted by Crippen LogP contribution is 2.26. The first kappa shape index (κ1) is 15.2. The number of carbonyl (C=O) groups is 1. The fourth-order valence-corrected chi connectivity index (χ4v) is 2.62. The molecule has 1 fully saturated rings. The van der Waals surface area contributed by atoms with E-state index >= 15 is 0 Å². The van der Waals surface area contributed by atoms with Gasteiger partial charge in [-0.25, -0.2) is 0 Å². The Balaban J connectivity index is 2.09. The van der Waals surface area contributed by atoms with Gasteiger partial charge in [0.15, 0.2) is 0 Å². The van der Waals surface area contributed by atoms with E-state index in [0.29, 0.717) is 5.92 Å². The molecule has 4 N–H and O–H groups in total. The number of rotatable bonds is 4. The van der Waals surface area contributed by atoms with E-state index in [1.54, 1.807) is 0 Å². The molecule has 1 aliphatic rings. The van der Waals surface area contributed by atoms with Crippen LogP contribution in [-0.2, 0) is 0 Å². The van der Waals surface area contributed by atoms with Crippen LogP contribution in [0.3, 0.4) is 0 Å². The summed E-state index contributed by atoms with van der Waals surface area (Å²) in [6, 6.07) is 4.37. The number of anilines is 1. The molecule has 1 aromatic rings. The van der Waals surface area contributed by atoms with Crippen molar-refractivity contribution < 1.29 is 9.72 Å². The second-order valence-corrected chi connectivity index (χ2v) is 5.56. The molecule has 7 nitrogen and oxygen atoms in total. The van der Waals surface area contributed by atoms with E-state index in [4.69, 9.17) is 5.84 Å². The lowest BCUT2D eigenvalue weighted by atomic mass is 9.87. The monoisotopic (exact) mass is 292 g/mol. The van der Waals surface area contributed by atoms with Crippen molar-refractivity contribution in [2.45, 2.75) is 38.6 Å². The summed E-state index contributed by atoms with van der Waals surface area (Å²) < 4.78 is 0. The average molecular weight is 292 g/mol. The smallest absolute Gasteiger partial charge is 0.294 e. The fraction of sp³-hybridized carbons (Fsp3) is 0.500. The molecule has 0 aliphatic heterocycles. The van der Waals surface area contributed by atoms with Crippen LogP contribution in [0.5, 0.6) is 0 Å². The number of nitro benzene ring substituents is 1. The summed E-state index contributed by atoms with van der Waals surface area (Å²) in [7, 11) is 0. The molecule has 1 aromatic carbocycles. The maximum atomic E-state index is 12.2. The zero-order valence-electron chi connectivity index (χ0n) is 12.0. The van der Waals surface area contributed by atoms with Crippen molar-refractivity contribution in [3.63, 3.8) is 0 Å². The molecule has 0 radical (unpaired) electrons. The number of nitrogen functional groups attached to an aromatic ring is 1. The predicted octanol–water partition coefficient (Wildman–Crippen LogP) is 2.19. The van der Waals surface area contributed by atoms with Crippen molar-refractivity contribution >= 4 is 17.3 Å². The SMILES string of the molecule is CC1CCC(NC(=O)c2ccc(NN)c([N+](=O)[O-])c2)CC1. The molecular weight excluding hydrogens is 272 g/mol. The molecule has 0 aromatic heterocycles. The second kappa shape index (κ2) is 6.53. The minimum absolute atomic E-state index is 0.153. The van der Waals surface area contributed by atoms with Crippen LogP contribution >= 0.6 is 0 Å². The molecule has 1 saturated carbocycles. The lowest BCUT2D eigenvalue weighted by molar-refractivity contribution is -0.384. The number of nitrogens with zero attached hydrogens (tertiary/aromatic N) is 1. The Morgan fingerprint density at radius 3 is 2.57 bits per heavy atom. The van der Waals surface area contributed by atoms with Crippen molar-refractivity contribution in [2.24, 2.45) is 11.8 Å². The Hall–Kier alpha value is -2.15. The number of benzene rings is 1. The Kier molecular flexibility index (Phi) is 4.74. The summed E-state index contributed by atoms with van der Waals surface area (Å²) in [5.41, 5.74) is 2.51. The highest BCUT2D eigenvalue weighted by atomic mass is 16.6. The van der Waals surface area contributed by atoms with Crippen LogP contribution < -0.4 is 16.6 Å². The molecule has 0 heterocycles. The zero-order chi connectivity index (χ0) is 15.4. The quantitative estimate of drug-likeness (QED) is 0.447. The molecule has 7 heteroatoms. The lowest BCUT2D eigenvalue weighted by Gasteiger charge is -2.26. The number of amides is 1. The van der Waals surface area contributed by atoms with Gasteiger partial charge in [-0.2, -0.15) is 0 Å². The summed E-state index contributed by atoms with van der Waals surface area (Å²) in [6.45, 7) is 2.21. The Bertz CT molecular complexity index is 539. The molecular formula is C14H20N4O3. The fourth-order valence-electron chi connectivity index (χ4n) is 2.62. The van der Waals surface area contributed by atoms with Crippen LogP contribution in [-0.4, -0.2) is 16.9 Å². The van der Waals surface area contributed by atoms with Gasteiger partial charge in [-0.15, -0.1) is 0 Å². The molecule has 21 heavy (non-hydrogen) atoms. The van der Waals surface area contributed by atoms with E-state index in [1.807, 2.05) is 0 Å². The van der Waals surface area contributed by atoms with Crippen LogP contribution in [0.2, 0.25) is 0 Å². The number of nitro groups is 1. The van der Waals surface area contributed by atoms with Gasteiger partial charge in [-0.05, 0) is 43.7 Å². The van der Waals surface area contributed by atoms with Gasteiger partial charge >= 0.3 is 0 Å². The normalized spacial score (nSPS) is 21.6. The van der Waals surface area contributed by atoms with E-state index in [9.17, 15) is 14.9 Å². The van der Waals surface area contributed by atoms with Gasteiger partial charge in [-0.3, -0.25) is 20.8 Å². The lowest BCUT2D eigenvalue weighted by Crippen LogP contribution is -2.37. The molecule has 1 amide bonds. The van der Waals surface area contributed by atoms with E-state index in [-0.39, 0.29) is 28.9 Å². The minimum atomic E-state index is -0.561. The van der Waals surface area contributed by atoms with Crippen molar-refractivity contribution in [3.05, 3.63) is 33.9 Å². The van der Waals surface area contributed by atoms with Crippen molar-refractivity contribution in [2.75, 3.05) is 5.43 Å². The van der Waals surface area contributed by atoms with E-state index in [2.05, 4.69) is 17.7 Å². The van der Waals surface area contributed by atoms with Crippen molar-refractivity contribution in [1.29, 1.82) is 0 Å². The van der Waals surface area contributed by atoms with Gasteiger partial charge in [0.1, 0.15) is 5.69 Å². The van der Waals surface area contributed by atoms with Crippen LogP contribution in [0.4, 0.5) is 11.4 Å². The molecule has 0 unspecified atom stereocenters. The molecule has 1 aliphatic carbocycles. The predicted molar refractivity (Wildman–Crippen MR) is 79.8 cm³/mol. The zero-order valence-corrected chi connectivity index (χ0v) is 12.0. The summed E-state index contributed by atoms with van der Waals surface area (Å²) >= 11 is 0. The second-order valence-electron chi connectivity index (χ2n) is 5.56. The molecule has 0 bridgehead atoms. The van der Waals surface area contributed by atoms with Crippen LogP contribution in [0.25, 0.3) is 0 Å². The van der Waals surface area contributed by atoms with Gasteiger partial charge in [-0.1, -0.05) is 6.92 Å². The van der Waals surface area contributed by atoms with Gasteiger partial charge in [0.25, 0.3) is 11.6 Å². The van der Waals surface area contributed by atoms with Crippen LogP contribution in [0.15, 0.2) is 18.2 Å². The first-order chi connectivity index (χ1) is 10.0. The van der Waals surface area contributed by atoms with Gasteiger partial charge < -0.3 is 10.7 Å². The molecule has 0 spiro atoms. The topological polar surface area (TPSA) is 110 Å². The van der Waals surface area contributed by atoms with Crippen LogP contribution in [0.1, 0.15) is 43.0 Å². The number of carbonyl (C=O) groups excluding carboxylic acids is 1. The van der Waals surface area contributed by atoms with Crippen LogP contribution in [0, 0.1) is 16.0 Å². The molecule has 0 atom stereocenters. The standard InChI is InChI=1S/C14H20N4O3/c1-9-2-5-11(6-3-9)16-14(19)10-4-7-12(17-15)13(8-10)18(20)21/h4,7-9,11,17H,2-3,5-6,15H2,1H3,(H,16,19). The highest BCUT2D eigenvalue weighted by molar-refractivity contribution is 5.95. The Labute approximate surface area is 123 Å². The van der Waals surface area contributed by atoms with E-state index < -0.39 is 4.92 Å². The summed E-state index contributed by atoms with van der Waals surface area (Å²) in [5, 5.41) is 13.9. The van der Waals surface area contributed by atoms with Crippen molar-refractivity contribution in [1.82, 2.24) is 5.32 Å². The highest BCUT2D eigenvalue weighted by Gasteiger charge is 2.22. The first-order valence-corrected chi connectivity index (χ1v) is 7.07. The maximum Gasteiger partial charge on any atom is 0.294 e. The third-order valence-electron chi connectivity index (χ3n) is 3.96. The minimum Gasteiger partial charge on any atom is -0.349 e. The van der Waals surface area contributed by atoms with Gasteiger partial charge in [0, 0.05) is 17.7 Å². The first-order valence-electron chi connectivity index (χ1n) is 7.07. The number of nitrogens with one attached hydrogen (secondary N) is 2. The average Bonchev–Trinajstić information content (AvgIpc) is 2.48. The number of hydrazine groups is 1. The number of hydrogen-bond acceptors (Lipinski definition) is 5. The summed E-state index contributed by atoms with van der Waals surface area (Å²) in [4.78, 5) is 22.6. The third kappa shape index (κ3) is 3.69. The molecule has 2 rings (SSSR count). The van der Waals surface area contributed by atoms with E-state index in [1.165, 1.54) is 18.2 Å². The Morgan fingerprint density at radius 1 is 1.33 bits per heavy atom. The molecule has 114 valence electrons. The summed E-state index contributed by atoms with van der Waals surface area (Å²) in [6.07, 6.45) is 4.11.